The predicted molar refractivity (Wildman–Crippen MR) is 77.8 cm³/mol. The molecule has 0 radical (unpaired) electrons. The number of carbonyl (C=O) groups excluding carboxylic acids is 1. The molecule has 6 heteroatoms. The molecule has 2 heterocycles. The smallest absolute Gasteiger partial charge is 0.236 e. The van der Waals surface area contributed by atoms with Crippen LogP contribution in [0.15, 0.2) is 15.9 Å². The summed E-state index contributed by atoms with van der Waals surface area (Å²) in [5, 5.41) is 3.29. The summed E-state index contributed by atoms with van der Waals surface area (Å²) in [6, 6.07) is 4.08. The predicted octanol–water partition coefficient (Wildman–Crippen LogP) is 1.37. The highest BCUT2D eigenvalue weighted by Crippen LogP contribution is 2.22. The van der Waals surface area contributed by atoms with E-state index in [0.29, 0.717) is 13.1 Å². The Labute approximate surface area is 120 Å². The van der Waals surface area contributed by atoms with Crippen LogP contribution >= 0.6 is 27.3 Å². The first-order valence-corrected chi connectivity index (χ1v) is 7.67. The number of likely N-dealkylation sites (N-methyl/N-ethyl adjacent to an activating group) is 1. The maximum Gasteiger partial charge on any atom is 0.236 e. The van der Waals surface area contributed by atoms with Crippen molar-refractivity contribution in [2.75, 3.05) is 39.8 Å². The second kappa shape index (κ2) is 6.65. The summed E-state index contributed by atoms with van der Waals surface area (Å²) in [4.78, 5) is 17.3. The number of nitrogens with one attached hydrogen (secondary N) is 1. The van der Waals surface area contributed by atoms with Gasteiger partial charge in [0.25, 0.3) is 0 Å². The summed E-state index contributed by atoms with van der Waals surface area (Å²) < 4.78 is 1.11. The van der Waals surface area contributed by atoms with Crippen LogP contribution in [-0.4, -0.2) is 55.5 Å². The minimum atomic E-state index is 0.196. The van der Waals surface area contributed by atoms with Gasteiger partial charge in [0.05, 0.1) is 16.9 Å². The summed E-state index contributed by atoms with van der Waals surface area (Å²) in [5.74, 6) is 0.196. The fourth-order valence-electron chi connectivity index (χ4n) is 1.94. The molecule has 1 saturated heterocycles. The van der Waals surface area contributed by atoms with E-state index in [1.54, 1.807) is 16.2 Å². The second-order valence-corrected chi connectivity index (χ2v) is 7.03. The van der Waals surface area contributed by atoms with Gasteiger partial charge in [-0.05, 0) is 28.1 Å². The molecule has 1 amide bonds. The van der Waals surface area contributed by atoms with E-state index in [1.165, 1.54) is 4.88 Å². The highest BCUT2D eigenvalue weighted by atomic mass is 79.9. The van der Waals surface area contributed by atoms with Crippen molar-refractivity contribution in [3.8, 4) is 0 Å². The highest BCUT2D eigenvalue weighted by molar-refractivity contribution is 9.11. The van der Waals surface area contributed by atoms with Crippen LogP contribution in [0.1, 0.15) is 4.88 Å². The fourth-order valence-corrected chi connectivity index (χ4v) is 3.48. The van der Waals surface area contributed by atoms with E-state index in [1.807, 2.05) is 13.1 Å². The van der Waals surface area contributed by atoms with Gasteiger partial charge >= 0.3 is 0 Å². The molecular weight excluding hydrogens is 314 g/mol. The topological polar surface area (TPSA) is 35.6 Å². The van der Waals surface area contributed by atoms with Crippen LogP contribution < -0.4 is 5.32 Å². The van der Waals surface area contributed by atoms with Crippen molar-refractivity contribution >= 4 is 33.2 Å². The molecule has 1 N–H and O–H groups in total. The van der Waals surface area contributed by atoms with Crippen LogP contribution in [0, 0.1) is 0 Å². The molecule has 0 aromatic carbocycles. The molecule has 0 unspecified atom stereocenters. The standard InChI is InChI=1S/C12H18BrN3OS/c1-15(8-10-2-3-11(13)18-10)12(17)9-16-6-4-14-5-7-16/h2-3,14H,4-9H2,1H3. The van der Waals surface area contributed by atoms with E-state index in [2.05, 4.69) is 32.2 Å². The van der Waals surface area contributed by atoms with Crippen molar-refractivity contribution in [2.24, 2.45) is 0 Å². The van der Waals surface area contributed by atoms with Crippen LogP contribution in [0.4, 0.5) is 0 Å². The number of halogens is 1. The number of nitrogens with zero attached hydrogens (tertiary/aromatic N) is 2. The summed E-state index contributed by atoms with van der Waals surface area (Å²) in [6.45, 7) is 5.11. The molecule has 0 bridgehead atoms. The molecular formula is C12H18BrN3OS. The Morgan fingerprint density at radius 3 is 2.83 bits per heavy atom. The molecule has 0 aliphatic carbocycles. The van der Waals surface area contributed by atoms with Gasteiger partial charge in [-0.25, -0.2) is 0 Å². The summed E-state index contributed by atoms with van der Waals surface area (Å²) in [7, 11) is 1.87. The maximum absolute atomic E-state index is 12.1. The van der Waals surface area contributed by atoms with Gasteiger partial charge in [0.1, 0.15) is 0 Å². The van der Waals surface area contributed by atoms with Crippen LogP contribution in [-0.2, 0) is 11.3 Å². The average Bonchev–Trinajstić information content (AvgIpc) is 2.76. The molecule has 1 fully saturated rings. The van der Waals surface area contributed by atoms with Gasteiger partial charge in [-0.15, -0.1) is 11.3 Å². The number of hydrogen-bond acceptors (Lipinski definition) is 4. The van der Waals surface area contributed by atoms with Gasteiger partial charge in [0.2, 0.25) is 5.91 Å². The minimum absolute atomic E-state index is 0.196. The largest absolute Gasteiger partial charge is 0.340 e. The van der Waals surface area contributed by atoms with E-state index >= 15 is 0 Å². The van der Waals surface area contributed by atoms with E-state index in [4.69, 9.17) is 0 Å². The number of piperazine rings is 1. The summed E-state index contributed by atoms with van der Waals surface area (Å²) in [6.07, 6.45) is 0. The third-order valence-corrected chi connectivity index (χ3v) is 4.62. The van der Waals surface area contributed by atoms with Crippen molar-refractivity contribution in [1.82, 2.24) is 15.1 Å². The van der Waals surface area contributed by atoms with Gasteiger partial charge in [-0.2, -0.15) is 0 Å². The average molecular weight is 332 g/mol. The molecule has 0 saturated carbocycles. The van der Waals surface area contributed by atoms with Crippen molar-refractivity contribution in [3.05, 3.63) is 20.8 Å². The Morgan fingerprint density at radius 2 is 2.22 bits per heavy atom. The van der Waals surface area contributed by atoms with Crippen molar-refractivity contribution in [3.63, 3.8) is 0 Å². The van der Waals surface area contributed by atoms with Gasteiger partial charge in [-0.1, -0.05) is 0 Å². The Balaban J connectivity index is 1.80. The Kier molecular flexibility index (Phi) is 5.17. The third kappa shape index (κ3) is 4.05. The van der Waals surface area contributed by atoms with E-state index in [9.17, 15) is 4.79 Å². The number of carbonyl (C=O) groups is 1. The van der Waals surface area contributed by atoms with Crippen LogP contribution in [0.2, 0.25) is 0 Å². The molecule has 0 atom stereocenters. The molecule has 100 valence electrons. The van der Waals surface area contributed by atoms with E-state index in [-0.39, 0.29) is 5.91 Å². The molecule has 1 aromatic rings. The molecule has 1 aliphatic heterocycles. The Bertz CT molecular complexity index is 404. The summed E-state index contributed by atoms with van der Waals surface area (Å²) in [5.41, 5.74) is 0. The Morgan fingerprint density at radius 1 is 1.50 bits per heavy atom. The van der Waals surface area contributed by atoms with Crippen LogP contribution in [0.25, 0.3) is 0 Å². The maximum atomic E-state index is 12.1. The number of thiophene rings is 1. The zero-order valence-electron chi connectivity index (χ0n) is 10.5. The van der Waals surface area contributed by atoms with Crippen molar-refractivity contribution in [1.29, 1.82) is 0 Å². The zero-order chi connectivity index (χ0) is 13.0. The van der Waals surface area contributed by atoms with Gasteiger partial charge in [0.15, 0.2) is 0 Å². The molecule has 1 aromatic heterocycles. The fraction of sp³-hybridized carbons (Fsp3) is 0.583. The molecule has 1 aliphatic rings. The number of amides is 1. The molecule has 2 rings (SSSR count). The Hall–Kier alpha value is -0.430. The first-order chi connectivity index (χ1) is 8.65. The summed E-state index contributed by atoms with van der Waals surface area (Å²) >= 11 is 5.12. The second-order valence-electron chi connectivity index (χ2n) is 4.48. The van der Waals surface area contributed by atoms with Gasteiger partial charge in [0, 0.05) is 38.1 Å². The van der Waals surface area contributed by atoms with Crippen LogP contribution in [0.3, 0.4) is 0 Å². The monoisotopic (exact) mass is 331 g/mol. The highest BCUT2D eigenvalue weighted by Gasteiger charge is 2.16. The molecule has 18 heavy (non-hydrogen) atoms. The van der Waals surface area contributed by atoms with Gasteiger partial charge in [-0.3, -0.25) is 9.69 Å². The SMILES string of the molecule is CN(Cc1ccc(Br)s1)C(=O)CN1CCNCC1. The lowest BCUT2D eigenvalue weighted by Gasteiger charge is -2.28. The normalized spacial score (nSPS) is 16.8. The lowest BCUT2D eigenvalue weighted by atomic mass is 10.3. The lowest BCUT2D eigenvalue weighted by Crippen LogP contribution is -2.47. The van der Waals surface area contributed by atoms with Crippen LogP contribution in [0.5, 0.6) is 0 Å². The first-order valence-electron chi connectivity index (χ1n) is 6.06. The zero-order valence-corrected chi connectivity index (χ0v) is 12.9. The number of rotatable bonds is 4. The van der Waals surface area contributed by atoms with Crippen molar-refractivity contribution < 1.29 is 4.79 Å². The molecule has 0 spiro atoms. The molecule has 4 nitrogen and oxygen atoms in total. The quantitative estimate of drug-likeness (QED) is 0.905. The van der Waals surface area contributed by atoms with E-state index in [0.717, 1.165) is 30.0 Å². The first kappa shape index (κ1) is 14.0. The third-order valence-electron chi connectivity index (χ3n) is 3.02. The van der Waals surface area contributed by atoms with E-state index < -0.39 is 0 Å². The lowest BCUT2D eigenvalue weighted by molar-refractivity contribution is -0.131. The minimum Gasteiger partial charge on any atom is -0.340 e. The van der Waals surface area contributed by atoms with Gasteiger partial charge < -0.3 is 10.2 Å². The number of hydrogen-bond donors (Lipinski definition) is 1. The van der Waals surface area contributed by atoms with Crippen molar-refractivity contribution in [2.45, 2.75) is 6.54 Å².